The Morgan fingerprint density at radius 3 is 2.32 bits per heavy atom. The lowest BCUT2D eigenvalue weighted by Gasteiger charge is -2.31. The van der Waals surface area contributed by atoms with Crippen molar-refractivity contribution in [3.63, 3.8) is 0 Å². The van der Waals surface area contributed by atoms with Gasteiger partial charge >= 0.3 is 6.18 Å². The summed E-state index contributed by atoms with van der Waals surface area (Å²) in [6, 6.07) is -0.0687. The van der Waals surface area contributed by atoms with Gasteiger partial charge in [-0.3, -0.25) is 0 Å². The van der Waals surface area contributed by atoms with E-state index in [9.17, 15) is 22.7 Å². The molecule has 7 heteroatoms. The summed E-state index contributed by atoms with van der Waals surface area (Å²) >= 11 is 5.55. The second-order valence-electron chi connectivity index (χ2n) is 5.77. The Kier molecular flexibility index (Phi) is 5.35. The van der Waals surface area contributed by atoms with Crippen LogP contribution in [0.5, 0.6) is 0 Å². The predicted molar refractivity (Wildman–Crippen MR) is 75.9 cm³/mol. The molecule has 0 aliphatic heterocycles. The maximum atomic E-state index is 14.1. The van der Waals surface area contributed by atoms with Gasteiger partial charge in [-0.05, 0) is 30.9 Å². The van der Waals surface area contributed by atoms with Crippen molar-refractivity contribution in [1.29, 1.82) is 0 Å². The minimum Gasteiger partial charge on any atom is -0.391 e. The van der Waals surface area contributed by atoms with Crippen molar-refractivity contribution < 1.29 is 22.7 Å². The van der Waals surface area contributed by atoms with Crippen LogP contribution < -0.4 is 5.73 Å². The number of nitrogens with two attached hydrogens (primary N) is 1. The van der Waals surface area contributed by atoms with Gasteiger partial charge < -0.3 is 10.8 Å². The van der Waals surface area contributed by atoms with E-state index in [-0.39, 0.29) is 5.92 Å². The van der Waals surface area contributed by atoms with Gasteiger partial charge in [-0.1, -0.05) is 30.9 Å². The van der Waals surface area contributed by atoms with E-state index in [1.54, 1.807) is 0 Å². The van der Waals surface area contributed by atoms with E-state index in [0.29, 0.717) is 12.1 Å². The minimum absolute atomic E-state index is 0.128. The Hall–Kier alpha value is -0.850. The molecule has 0 aromatic heterocycles. The molecule has 2 atom stereocenters. The molecule has 0 spiro atoms. The molecule has 0 bridgehead atoms. The first-order valence-electron chi connectivity index (χ1n) is 7.21. The number of rotatable bonds is 3. The van der Waals surface area contributed by atoms with Crippen molar-refractivity contribution in [2.24, 2.45) is 11.7 Å². The SMILES string of the molecule is N[C@@H](c1cc(C(F)(F)F)cc(Cl)c1F)[C@H](O)C1CCCCC1. The molecule has 1 saturated carbocycles. The fourth-order valence-electron chi connectivity index (χ4n) is 2.97. The molecular formula is C15H18ClF4NO. The molecule has 0 radical (unpaired) electrons. The van der Waals surface area contributed by atoms with E-state index >= 15 is 0 Å². The molecule has 0 unspecified atom stereocenters. The van der Waals surface area contributed by atoms with Crippen LogP contribution in [0.4, 0.5) is 17.6 Å². The van der Waals surface area contributed by atoms with Crippen LogP contribution in [0.1, 0.15) is 49.3 Å². The monoisotopic (exact) mass is 339 g/mol. The highest BCUT2D eigenvalue weighted by molar-refractivity contribution is 6.30. The summed E-state index contributed by atoms with van der Waals surface area (Å²) in [7, 11) is 0. The van der Waals surface area contributed by atoms with Crippen LogP contribution in [0.2, 0.25) is 5.02 Å². The molecule has 1 aromatic rings. The third-order valence-electron chi connectivity index (χ3n) is 4.24. The molecule has 3 N–H and O–H groups in total. The van der Waals surface area contributed by atoms with Crippen LogP contribution in [0.3, 0.4) is 0 Å². The molecule has 22 heavy (non-hydrogen) atoms. The maximum Gasteiger partial charge on any atom is 0.416 e. The summed E-state index contributed by atoms with van der Waals surface area (Å²) < 4.78 is 52.5. The first-order chi connectivity index (χ1) is 10.2. The molecule has 124 valence electrons. The van der Waals surface area contributed by atoms with Crippen molar-refractivity contribution in [2.75, 3.05) is 0 Å². The number of benzene rings is 1. The van der Waals surface area contributed by atoms with Crippen LogP contribution >= 0.6 is 11.6 Å². The second kappa shape index (κ2) is 6.72. The topological polar surface area (TPSA) is 46.2 Å². The van der Waals surface area contributed by atoms with Crippen LogP contribution in [0, 0.1) is 11.7 Å². The maximum absolute atomic E-state index is 14.1. The molecule has 2 rings (SSSR count). The van der Waals surface area contributed by atoms with E-state index in [0.717, 1.165) is 32.1 Å². The van der Waals surface area contributed by atoms with Crippen LogP contribution in [-0.2, 0) is 6.18 Å². The second-order valence-corrected chi connectivity index (χ2v) is 6.18. The van der Waals surface area contributed by atoms with Gasteiger partial charge in [0, 0.05) is 5.56 Å². The van der Waals surface area contributed by atoms with Crippen LogP contribution in [0.25, 0.3) is 0 Å². The summed E-state index contributed by atoms with van der Waals surface area (Å²) in [6.07, 6.45) is -1.34. The Balaban J connectivity index is 2.31. The lowest BCUT2D eigenvalue weighted by atomic mass is 9.81. The quantitative estimate of drug-likeness (QED) is 0.800. The molecule has 1 aromatic carbocycles. The zero-order chi connectivity index (χ0) is 16.5. The standard InChI is InChI=1S/C15H18ClF4NO/c16-11-7-9(15(18,19)20)6-10(12(11)17)13(21)14(22)8-4-2-1-3-5-8/h6-8,13-14,22H,1-5,21H2/t13-,14+/m0/s1. The summed E-state index contributed by atoms with van der Waals surface area (Å²) in [5, 5.41) is 9.65. The van der Waals surface area contributed by atoms with E-state index in [1.165, 1.54) is 0 Å². The zero-order valence-corrected chi connectivity index (χ0v) is 12.6. The van der Waals surface area contributed by atoms with Gasteiger partial charge in [0.15, 0.2) is 0 Å². The molecule has 0 amide bonds. The van der Waals surface area contributed by atoms with Gasteiger partial charge in [0.2, 0.25) is 0 Å². The average molecular weight is 340 g/mol. The lowest BCUT2D eigenvalue weighted by Crippen LogP contribution is -2.35. The van der Waals surface area contributed by atoms with E-state index in [2.05, 4.69) is 0 Å². The van der Waals surface area contributed by atoms with Gasteiger partial charge in [-0.15, -0.1) is 0 Å². The molecule has 1 aliphatic rings. The fourth-order valence-corrected chi connectivity index (χ4v) is 3.20. The van der Waals surface area contributed by atoms with E-state index in [1.807, 2.05) is 0 Å². The molecule has 1 aliphatic carbocycles. The highest BCUT2D eigenvalue weighted by atomic mass is 35.5. The van der Waals surface area contributed by atoms with Crippen molar-refractivity contribution in [1.82, 2.24) is 0 Å². The highest BCUT2D eigenvalue weighted by Crippen LogP contribution is 2.37. The van der Waals surface area contributed by atoms with Gasteiger partial charge in [0.25, 0.3) is 0 Å². The number of aliphatic hydroxyl groups is 1. The van der Waals surface area contributed by atoms with Gasteiger partial charge in [0.05, 0.1) is 22.7 Å². The van der Waals surface area contributed by atoms with E-state index in [4.69, 9.17) is 17.3 Å². The van der Waals surface area contributed by atoms with Crippen LogP contribution in [0.15, 0.2) is 12.1 Å². The van der Waals surface area contributed by atoms with Gasteiger partial charge in [-0.25, -0.2) is 4.39 Å². The minimum atomic E-state index is -4.65. The number of alkyl halides is 3. The number of aliphatic hydroxyl groups excluding tert-OH is 1. The third kappa shape index (κ3) is 3.73. The number of hydrogen-bond acceptors (Lipinski definition) is 2. The smallest absolute Gasteiger partial charge is 0.391 e. The Morgan fingerprint density at radius 1 is 1.18 bits per heavy atom. The summed E-state index contributed by atoms with van der Waals surface area (Å²) in [5.74, 6) is -1.13. The van der Waals surface area contributed by atoms with Crippen LogP contribution in [-0.4, -0.2) is 11.2 Å². The van der Waals surface area contributed by atoms with Crippen molar-refractivity contribution in [3.05, 3.63) is 34.1 Å². The van der Waals surface area contributed by atoms with E-state index < -0.39 is 40.3 Å². The fraction of sp³-hybridized carbons (Fsp3) is 0.600. The molecular weight excluding hydrogens is 322 g/mol. The molecule has 0 heterocycles. The van der Waals surface area contributed by atoms with Crippen molar-refractivity contribution in [2.45, 2.75) is 50.4 Å². The van der Waals surface area contributed by atoms with Crippen molar-refractivity contribution in [3.8, 4) is 0 Å². The normalized spacial score (nSPS) is 20.0. The third-order valence-corrected chi connectivity index (χ3v) is 4.52. The molecule has 0 saturated heterocycles. The zero-order valence-electron chi connectivity index (χ0n) is 11.8. The van der Waals surface area contributed by atoms with Gasteiger partial charge in [-0.2, -0.15) is 13.2 Å². The first-order valence-corrected chi connectivity index (χ1v) is 7.59. The number of hydrogen-bond donors (Lipinski definition) is 2. The molecule has 1 fully saturated rings. The summed E-state index contributed by atoms with van der Waals surface area (Å²) in [5.41, 5.74) is 4.38. The number of halogens is 5. The highest BCUT2D eigenvalue weighted by Gasteiger charge is 2.35. The average Bonchev–Trinajstić information content (AvgIpc) is 2.48. The van der Waals surface area contributed by atoms with Gasteiger partial charge in [0.1, 0.15) is 5.82 Å². The lowest BCUT2D eigenvalue weighted by molar-refractivity contribution is -0.137. The van der Waals surface area contributed by atoms with Crippen molar-refractivity contribution >= 4 is 11.6 Å². The predicted octanol–water partition coefficient (Wildman–Crippen LogP) is 4.44. The largest absolute Gasteiger partial charge is 0.416 e. The Bertz CT molecular complexity index is 529. The Morgan fingerprint density at radius 2 is 1.77 bits per heavy atom. The summed E-state index contributed by atoms with van der Waals surface area (Å²) in [6.45, 7) is 0. The Labute approximate surface area is 131 Å². The summed E-state index contributed by atoms with van der Waals surface area (Å²) in [4.78, 5) is 0. The molecule has 2 nitrogen and oxygen atoms in total. The first kappa shape index (κ1) is 17.5.